The summed E-state index contributed by atoms with van der Waals surface area (Å²) in [5.41, 5.74) is 0.712. The van der Waals surface area contributed by atoms with E-state index < -0.39 is 10.8 Å². The molecule has 5 nitrogen and oxygen atoms in total. The van der Waals surface area contributed by atoms with Crippen LogP contribution in [-0.2, 0) is 15.5 Å². The van der Waals surface area contributed by atoms with E-state index in [1.807, 2.05) is 6.92 Å². The minimum absolute atomic E-state index is 0.165. The molecule has 1 aromatic heterocycles. The third-order valence-corrected chi connectivity index (χ3v) is 7.74. The van der Waals surface area contributed by atoms with Crippen LogP contribution in [0.25, 0.3) is 0 Å². The monoisotopic (exact) mass is 344 g/mol. The van der Waals surface area contributed by atoms with E-state index >= 15 is 0 Å². The molecule has 1 atom stereocenters. The van der Waals surface area contributed by atoms with E-state index in [9.17, 15) is 9.00 Å². The summed E-state index contributed by atoms with van der Waals surface area (Å²) < 4.78 is 17.3. The molecule has 22 heavy (non-hydrogen) atoms. The average molecular weight is 345 g/mol. The maximum Gasteiger partial charge on any atom is 0.350 e. The van der Waals surface area contributed by atoms with Crippen molar-refractivity contribution >= 4 is 33.2 Å². The second-order valence-electron chi connectivity index (χ2n) is 5.49. The van der Waals surface area contributed by atoms with Crippen LogP contribution in [-0.4, -0.2) is 45.4 Å². The minimum atomic E-state index is -0.798. The zero-order chi connectivity index (χ0) is 16.3. The summed E-state index contributed by atoms with van der Waals surface area (Å²) >= 11 is 1.38. The first-order valence-corrected chi connectivity index (χ1v) is 9.89. The van der Waals surface area contributed by atoms with Gasteiger partial charge in [0, 0.05) is 29.6 Å². The quantitative estimate of drug-likeness (QED) is 0.769. The molecule has 0 aromatic carbocycles. The topological polar surface area (TPSA) is 59.5 Å². The number of anilines is 1. The molecule has 1 aromatic rings. The van der Waals surface area contributed by atoms with Crippen LogP contribution in [0, 0.1) is 6.92 Å². The van der Waals surface area contributed by atoms with Gasteiger partial charge in [-0.1, -0.05) is 25.2 Å². The fourth-order valence-corrected chi connectivity index (χ4v) is 5.52. The number of nitrogens with zero attached hydrogens (tertiary/aromatic N) is 2. The van der Waals surface area contributed by atoms with Crippen molar-refractivity contribution < 1.29 is 13.7 Å². The van der Waals surface area contributed by atoms with E-state index in [1.165, 1.54) is 11.3 Å². The molecule has 0 saturated carbocycles. The van der Waals surface area contributed by atoms with Crippen molar-refractivity contribution in [1.29, 1.82) is 0 Å². The molecule has 2 rings (SSSR count). The lowest BCUT2D eigenvalue weighted by atomic mass is 10.0. The zero-order valence-corrected chi connectivity index (χ0v) is 15.3. The molecule has 1 aliphatic heterocycles. The second-order valence-corrected chi connectivity index (χ2v) is 8.44. The smallest absolute Gasteiger partial charge is 0.350 e. The van der Waals surface area contributed by atoms with Gasteiger partial charge in [0.2, 0.25) is 0 Å². The summed E-state index contributed by atoms with van der Waals surface area (Å²) in [5.74, 6) is 0.358. The van der Waals surface area contributed by atoms with Gasteiger partial charge < -0.3 is 9.64 Å². The molecular weight excluding hydrogens is 320 g/mol. The van der Waals surface area contributed by atoms with Crippen LogP contribution < -0.4 is 4.90 Å². The third-order valence-electron chi connectivity index (χ3n) is 4.31. The number of hydrogen-bond acceptors (Lipinski definition) is 6. The summed E-state index contributed by atoms with van der Waals surface area (Å²) in [6.45, 7) is 9.66. The van der Waals surface area contributed by atoms with E-state index in [-0.39, 0.29) is 10.7 Å². The van der Waals surface area contributed by atoms with Crippen molar-refractivity contribution in [3.8, 4) is 0 Å². The Kier molecular flexibility index (Phi) is 5.60. The summed E-state index contributed by atoms with van der Waals surface area (Å²) in [4.78, 5) is 19.2. The second kappa shape index (κ2) is 7.08. The number of esters is 1. The summed E-state index contributed by atoms with van der Waals surface area (Å²) in [6, 6.07) is 0. The highest BCUT2D eigenvalue weighted by Crippen LogP contribution is 2.34. The molecule has 0 N–H and O–H groups in total. The Morgan fingerprint density at radius 1 is 1.41 bits per heavy atom. The number of ether oxygens (including phenoxy) is 1. The number of hydrogen-bond donors (Lipinski definition) is 0. The molecule has 0 aliphatic carbocycles. The molecular formula is C15H24N2O3S2. The van der Waals surface area contributed by atoms with Gasteiger partial charge in [0.15, 0.2) is 5.13 Å². The van der Waals surface area contributed by atoms with Crippen LogP contribution in [0.5, 0.6) is 0 Å². The van der Waals surface area contributed by atoms with E-state index in [0.29, 0.717) is 22.9 Å². The Bertz CT molecular complexity index is 567. The van der Waals surface area contributed by atoms with E-state index in [1.54, 1.807) is 6.92 Å². The minimum Gasteiger partial charge on any atom is -0.462 e. The molecule has 1 fully saturated rings. The van der Waals surface area contributed by atoms with E-state index in [4.69, 9.17) is 4.74 Å². The Morgan fingerprint density at radius 3 is 2.68 bits per heavy atom. The first-order chi connectivity index (χ1) is 10.5. The Balaban J connectivity index is 2.24. The van der Waals surface area contributed by atoms with Crippen LogP contribution in [0.4, 0.5) is 5.13 Å². The lowest BCUT2D eigenvalue weighted by Gasteiger charge is -2.41. The first kappa shape index (κ1) is 17.4. The van der Waals surface area contributed by atoms with Crippen LogP contribution in [0.1, 0.15) is 49.0 Å². The van der Waals surface area contributed by atoms with Gasteiger partial charge in [-0.3, -0.25) is 4.21 Å². The molecule has 1 unspecified atom stereocenters. The molecule has 0 bridgehead atoms. The Hall–Kier alpha value is -0.950. The highest BCUT2D eigenvalue weighted by molar-refractivity contribution is 7.86. The lowest BCUT2D eigenvalue weighted by Crippen LogP contribution is -2.53. The lowest BCUT2D eigenvalue weighted by molar-refractivity contribution is 0.0531. The molecule has 0 spiro atoms. The largest absolute Gasteiger partial charge is 0.462 e. The highest BCUT2D eigenvalue weighted by atomic mass is 32.2. The standard InChI is InChI=1S/C15H24N2O3S2/c1-5-15(6-2)10-17(8-9-22(15)19)14-16-11(4)12(21-14)13(18)20-7-3/h5-10H2,1-4H3. The molecule has 1 saturated heterocycles. The molecule has 0 amide bonds. The summed E-state index contributed by atoms with van der Waals surface area (Å²) in [6.07, 6.45) is 1.78. The van der Waals surface area contributed by atoms with Crippen LogP contribution in [0.3, 0.4) is 0 Å². The van der Waals surface area contributed by atoms with Gasteiger partial charge in [0.1, 0.15) is 4.88 Å². The fourth-order valence-electron chi connectivity index (χ4n) is 2.77. The van der Waals surface area contributed by atoms with Crippen molar-refractivity contribution in [3.05, 3.63) is 10.6 Å². The van der Waals surface area contributed by atoms with Crippen molar-refractivity contribution in [3.63, 3.8) is 0 Å². The molecule has 0 radical (unpaired) electrons. The van der Waals surface area contributed by atoms with Gasteiger partial charge in [0.05, 0.1) is 17.0 Å². The van der Waals surface area contributed by atoms with Crippen molar-refractivity contribution in [2.45, 2.75) is 45.3 Å². The normalized spacial score (nSPS) is 20.9. The number of rotatable bonds is 5. The number of carbonyl (C=O) groups excluding carboxylic acids is 1. The van der Waals surface area contributed by atoms with E-state index in [0.717, 1.165) is 31.1 Å². The van der Waals surface area contributed by atoms with Gasteiger partial charge in [-0.25, -0.2) is 9.78 Å². The third kappa shape index (κ3) is 3.20. The molecule has 7 heteroatoms. The summed E-state index contributed by atoms with van der Waals surface area (Å²) in [7, 11) is -0.798. The van der Waals surface area contributed by atoms with Crippen molar-refractivity contribution in [2.24, 2.45) is 0 Å². The number of aryl methyl sites for hydroxylation is 1. The van der Waals surface area contributed by atoms with Gasteiger partial charge in [-0.15, -0.1) is 0 Å². The summed E-state index contributed by atoms with van der Waals surface area (Å²) in [5, 5.41) is 0.837. The average Bonchev–Trinajstić information content (AvgIpc) is 2.90. The van der Waals surface area contributed by atoms with Gasteiger partial charge in [-0.2, -0.15) is 0 Å². The van der Waals surface area contributed by atoms with Gasteiger partial charge in [-0.05, 0) is 26.7 Å². The Labute approximate surface area is 138 Å². The molecule has 124 valence electrons. The van der Waals surface area contributed by atoms with Crippen molar-refractivity contribution in [1.82, 2.24) is 4.98 Å². The SMILES string of the molecule is CCOC(=O)c1sc(N2CCS(=O)C(CC)(CC)C2)nc1C. The fraction of sp³-hybridized carbons (Fsp3) is 0.733. The Morgan fingerprint density at radius 2 is 2.09 bits per heavy atom. The molecule has 2 heterocycles. The number of aromatic nitrogens is 1. The number of carbonyl (C=O) groups is 1. The highest BCUT2D eigenvalue weighted by Gasteiger charge is 2.39. The predicted octanol–water partition coefficient (Wildman–Crippen LogP) is 2.76. The van der Waals surface area contributed by atoms with Crippen LogP contribution in [0.15, 0.2) is 0 Å². The maximum absolute atomic E-state index is 12.4. The molecule has 1 aliphatic rings. The van der Waals surface area contributed by atoms with Gasteiger partial charge >= 0.3 is 5.97 Å². The van der Waals surface area contributed by atoms with Gasteiger partial charge in [0.25, 0.3) is 0 Å². The first-order valence-electron chi connectivity index (χ1n) is 7.75. The number of thiazole rings is 1. The maximum atomic E-state index is 12.4. The zero-order valence-electron chi connectivity index (χ0n) is 13.7. The van der Waals surface area contributed by atoms with Crippen LogP contribution >= 0.6 is 11.3 Å². The van der Waals surface area contributed by atoms with Crippen LogP contribution in [0.2, 0.25) is 0 Å². The van der Waals surface area contributed by atoms with E-state index in [2.05, 4.69) is 23.7 Å². The predicted molar refractivity (Wildman–Crippen MR) is 91.3 cm³/mol. The van der Waals surface area contributed by atoms with Crippen molar-refractivity contribution in [2.75, 3.05) is 30.3 Å².